The summed E-state index contributed by atoms with van der Waals surface area (Å²) in [6.45, 7) is 1.65. The average Bonchev–Trinajstić information content (AvgIpc) is 3.18. The SMILES string of the molecule is COc1cc2cc(C#N)c(SCC(=O)N3CCCC3)nc2cc1OC. The predicted octanol–water partition coefficient (Wildman–Crippen LogP) is 2.84. The standard InChI is InChI=1S/C18H19N3O3S/c1-23-15-8-12-7-13(10-19)18(20-14(12)9-16(15)24-2)25-11-17(22)21-5-3-4-6-21/h7-9H,3-6,11H2,1-2H3. The van der Waals surface area contributed by atoms with E-state index >= 15 is 0 Å². The number of methoxy groups -OCH3 is 2. The number of rotatable bonds is 5. The Labute approximate surface area is 150 Å². The monoisotopic (exact) mass is 357 g/mol. The number of nitriles is 1. The molecule has 1 amide bonds. The lowest BCUT2D eigenvalue weighted by Crippen LogP contribution is -2.29. The van der Waals surface area contributed by atoms with Gasteiger partial charge in [-0.2, -0.15) is 5.26 Å². The minimum Gasteiger partial charge on any atom is -0.493 e. The van der Waals surface area contributed by atoms with Crippen LogP contribution in [0.25, 0.3) is 10.9 Å². The maximum absolute atomic E-state index is 12.2. The zero-order valence-corrected chi connectivity index (χ0v) is 15.1. The Bertz CT molecular complexity index is 842. The maximum atomic E-state index is 12.2. The van der Waals surface area contributed by atoms with Crippen molar-refractivity contribution >= 4 is 28.6 Å². The maximum Gasteiger partial charge on any atom is 0.232 e. The second-order valence-corrected chi connectivity index (χ2v) is 6.69. The lowest BCUT2D eigenvalue weighted by molar-refractivity contribution is -0.127. The first-order valence-corrected chi connectivity index (χ1v) is 9.02. The van der Waals surface area contributed by atoms with Crippen LogP contribution in [0.15, 0.2) is 23.2 Å². The highest BCUT2D eigenvalue weighted by Gasteiger charge is 2.19. The van der Waals surface area contributed by atoms with E-state index in [1.54, 1.807) is 32.4 Å². The number of aromatic nitrogens is 1. The van der Waals surface area contributed by atoms with Crippen LogP contribution >= 0.6 is 11.8 Å². The summed E-state index contributed by atoms with van der Waals surface area (Å²) in [5.74, 6) is 1.56. The molecular formula is C18H19N3O3S. The molecule has 1 fully saturated rings. The number of ether oxygens (including phenoxy) is 2. The minimum atomic E-state index is 0.0978. The summed E-state index contributed by atoms with van der Waals surface area (Å²) < 4.78 is 10.6. The number of carbonyl (C=O) groups is 1. The third-order valence-corrected chi connectivity index (χ3v) is 5.17. The molecule has 1 aromatic heterocycles. The Hall–Kier alpha value is -2.46. The van der Waals surface area contributed by atoms with E-state index < -0.39 is 0 Å². The van der Waals surface area contributed by atoms with Crippen molar-refractivity contribution in [2.24, 2.45) is 0 Å². The first kappa shape index (κ1) is 17.4. The zero-order chi connectivity index (χ0) is 17.8. The molecule has 3 rings (SSSR count). The molecule has 2 aromatic rings. The molecular weight excluding hydrogens is 338 g/mol. The molecule has 2 heterocycles. The molecule has 0 atom stereocenters. The first-order chi connectivity index (χ1) is 12.2. The summed E-state index contributed by atoms with van der Waals surface area (Å²) in [7, 11) is 3.13. The van der Waals surface area contributed by atoms with Gasteiger partial charge >= 0.3 is 0 Å². The van der Waals surface area contributed by atoms with E-state index in [9.17, 15) is 10.1 Å². The van der Waals surface area contributed by atoms with Crippen molar-refractivity contribution in [1.29, 1.82) is 5.26 Å². The molecule has 6 nitrogen and oxygen atoms in total. The van der Waals surface area contributed by atoms with Gasteiger partial charge in [0.2, 0.25) is 5.91 Å². The van der Waals surface area contributed by atoms with Crippen LogP contribution in [0.4, 0.5) is 0 Å². The molecule has 0 radical (unpaired) electrons. The number of carbonyl (C=O) groups excluding carboxylic acids is 1. The Morgan fingerprint density at radius 2 is 1.92 bits per heavy atom. The van der Waals surface area contributed by atoms with E-state index in [4.69, 9.17) is 9.47 Å². The fourth-order valence-corrected chi connectivity index (χ4v) is 3.73. The molecule has 1 aliphatic heterocycles. The van der Waals surface area contributed by atoms with Crippen LogP contribution in [0.3, 0.4) is 0 Å². The molecule has 1 aliphatic rings. The van der Waals surface area contributed by atoms with Crippen LogP contribution in [-0.4, -0.2) is 48.9 Å². The van der Waals surface area contributed by atoms with Crippen LogP contribution < -0.4 is 9.47 Å². The van der Waals surface area contributed by atoms with Crippen LogP contribution in [-0.2, 0) is 4.79 Å². The number of likely N-dealkylation sites (tertiary alicyclic amines) is 1. The number of thioether (sulfide) groups is 1. The van der Waals surface area contributed by atoms with Crippen molar-refractivity contribution in [2.45, 2.75) is 17.9 Å². The molecule has 0 aliphatic carbocycles. The number of hydrogen-bond donors (Lipinski definition) is 0. The summed E-state index contributed by atoms with van der Waals surface area (Å²) >= 11 is 1.31. The van der Waals surface area contributed by atoms with Crippen LogP contribution in [0.1, 0.15) is 18.4 Å². The molecule has 0 N–H and O–H groups in total. The first-order valence-electron chi connectivity index (χ1n) is 8.03. The van der Waals surface area contributed by atoms with Crippen LogP contribution in [0, 0.1) is 11.3 Å². The molecule has 0 unspecified atom stereocenters. The Morgan fingerprint density at radius 3 is 2.56 bits per heavy atom. The molecule has 7 heteroatoms. The van der Waals surface area contributed by atoms with Gasteiger partial charge in [-0.15, -0.1) is 0 Å². The van der Waals surface area contributed by atoms with Gasteiger partial charge in [-0.05, 0) is 25.0 Å². The summed E-state index contributed by atoms with van der Waals surface area (Å²) in [6, 6.07) is 7.51. The van der Waals surface area contributed by atoms with Crippen LogP contribution in [0.5, 0.6) is 11.5 Å². The van der Waals surface area contributed by atoms with Crippen molar-refractivity contribution in [3.63, 3.8) is 0 Å². The van der Waals surface area contributed by atoms with Crippen LogP contribution in [0.2, 0.25) is 0 Å². The van der Waals surface area contributed by atoms with E-state index in [0.29, 0.717) is 33.4 Å². The normalized spacial score (nSPS) is 13.7. The van der Waals surface area contributed by atoms with Crippen molar-refractivity contribution in [1.82, 2.24) is 9.88 Å². The van der Waals surface area contributed by atoms with Gasteiger partial charge in [0.05, 0.1) is 31.1 Å². The third kappa shape index (κ3) is 3.64. The second kappa shape index (κ2) is 7.62. The highest BCUT2D eigenvalue weighted by molar-refractivity contribution is 8.00. The second-order valence-electron chi connectivity index (χ2n) is 5.73. The molecule has 130 valence electrons. The molecule has 25 heavy (non-hydrogen) atoms. The van der Waals surface area contributed by atoms with Gasteiger partial charge in [0.15, 0.2) is 11.5 Å². The number of fused-ring (bicyclic) bond motifs is 1. The third-order valence-electron chi connectivity index (χ3n) is 4.20. The van der Waals surface area contributed by atoms with Gasteiger partial charge in [0.25, 0.3) is 0 Å². The topological polar surface area (TPSA) is 75.5 Å². The fourth-order valence-electron chi connectivity index (χ4n) is 2.86. The highest BCUT2D eigenvalue weighted by atomic mass is 32.2. The quantitative estimate of drug-likeness (QED) is 0.766. The summed E-state index contributed by atoms with van der Waals surface area (Å²) in [6.07, 6.45) is 2.13. The van der Waals surface area contributed by atoms with E-state index in [1.807, 2.05) is 4.90 Å². The number of benzene rings is 1. The van der Waals surface area contributed by atoms with Gasteiger partial charge in [0.1, 0.15) is 11.1 Å². The molecule has 0 saturated carbocycles. The minimum absolute atomic E-state index is 0.0978. The highest BCUT2D eigenvalue weighted by Crippen LogP contribution is 2.33. The summed E-state index contributed by atoms with van der Waals surface area (Å²) in [5, 5.41) is 10.8. The van der Waals surface area contributed by atoms with Gasteiger partial charge in [-0.3, -0.25) is 4.79 Å². The molecule has 1 aromatic carbocycles. The number of amides is 1. The Kier molecular flexibility index (Phi) is 5.29. The number of hydrogen-bond acceptors (Lipinski definition) is 6. The van der Waals surface area contributed by atoms with Gasteiger partial charge in [0, 0.05) is 24.5 Å². The van der Waals surface area contributed by atoms with Crippen molar-refractivity contribution < 1.29 is 14.3 Å². The average molecular weight is 357 g/mol. The van der Waals surface area contributed by atoms with Crippen molar-refractivity contribution in [2.75, 3.05) is 33.1 Å². The lowest BCUT2D eigenvalue weighted by Gasteiger charge is -2.15. The predicted molar refractivity (Wildman–Crippen MR) is 96.1 cm³/mol. The van der Waals surface area contributed by atoms with Gasteiger partial charge in [-0.1, -0.05) is 11.8 Å². The van der Waals surface area contributed by atoms with Crippen molar-refractivity contribution in [3.8, 4) is 17.6 Å². The lowest BCUT2D eigenvalue weighted by atomic mass is 10.1. The zero-order valence-electron chi connectivity index (χ0n) is 14.2. The van der Waals surface area contributed by atoms with Crippen molar-refractivity contribution in [3.05, 3.63) is 23.8 Å². The van der Waals surface area contributed by atoms with E-state index in [2.05, 4.69) is 11.1 Å². The van der Waals surface area contributed by atoms with Gasteiger partial charge in [-0.25, -0.2) is 4.98 Å². The Morgan fingerprint density at radius 1 is 1.24 bits per heavy atom. The number of pyridine rings is 1. The smallest absolute Gasteiger partial charge is 0.232 e. The summed E-state index contributed by atoms with van der Waals surface area (Å²) in [5.41, 5.74) is 1.16. The largest absolute Gasteiger partial charge is 0.493 e. The van der Waals surface area contributed by atoms with E-state index in [0.717, 1.165) is 31.3 Å². The van der Waals surface area contributed by atoms with Gasteiger partial charge < -0.3 is 14.4 Å². The summed E-state index contributed by atoms with van der Waals surface area (Å²) in [4.78, 5) is 18.7. The van der Waals surface area contributed by atoms with E-state index in [1.165, 1.54) is 11.8 Å². The Balaban J connectivity index is 1.88. The molecule has 0 bridgehead atoms. The fraction of sp³-hybridized carbons (Fsp3) is 0.389. The molecule has 0 spiro atoms. The molecule has 1 saturated heterocycles. The number of nitrogens with zero attached hydrogens (tertiary/aromatic N) is 3. The van der Waals surface area contributed by atoms with E-state index in [-0.39, 0.29) is 5.91 Å².